The number of aliphatic imine (C=N–C) groups is 1. The van der Waals surface area contributed by atoms with E-state index in [0.29, 0.717) is 25.7 Å². The van der Waals surface area contributed by atoms with Crippen molar-refractivity contribution in [2.75, 3.05) is 46.5 Å². The van der Waals surface area contributed by atoms with E-state index in [1.54, 1.807) is 12.1 Å². The summed E-state index contributed by atoms with van der Waals surface area (Å²) in [5, 5.41) is 3.60. The van der Waals surface area contributed by atoms with Gasteiger partial charge in [-0.3, -0.25) is 4.99 Å². The van der Waals surface area contributed by atoms with E-state index in [-0.39, 0.29) is 11.2 Å². The van der Waals surface area contributed by atoms with Crippen molar-refractivity contribution in [1.82, 2.24) is 10.2 Å². The number of hydrogen-bond donors (Lipinski definition) is 1. The summed E-state index contributed by atoms with van der Waals surface area (Å²) in [6, 6.07) is 17.3. The first-order valence-corrected chi connectivity index (χ1v) is 11.6. The molecule has 4 rings (SSSR count). The summed E-state index contributed by atoms with van der Waals surface area (Å²) in [6.45, 7) is 5.43. The topological polar surface area (TPSA) is 46.1 Å². The highest BCUT2D eigenvalue weighted by Crippen LogP contribution is 2.34. The van der Waals surface area contributed by atoms with Crippen molar-refractivity contribution < 1.29 is 13.9 Å². The molecule has 2 aliphatic heterocycles. The fraction of sp³-hybridized carbons (Fsp3) is 0.500. The lowest BCUT2D eigenvalue weighted by molar-refractivity contribution is 0.0510. The van der Waals surface area contributed by atoms with Crippen molar-refractivity contribution in [3.05, 3.63) is 71.5 Å². The van der Waals surface area contributed by atoms with Crippen LogP contribution in [-0.2, 0) is 21.5 Å². The molecule has 2 fully saturated rings. The Morgan fingerprint density at radius 3 is 2.75 bits per heavy atom. The highest BCUT2D eigenvalue weighted by molar-refractivity contribution is 5.80. The molecular weight excluding hydrogens is 405 g/mol. The standard InChI is InChI=1S/C26H34FN3O2/c1-28-25(30-13-10-22(17-30)19-32-18-21-6-3-2-4-7-21)29-20-26(11-14-31-15-12-26)23-8-5-9-24(27)16-23/h2-9,16,22H,10-15,17-20H2,1H3,(H,28,29). The molecule has 0 amide bonds. The number of hydrogen-bond acceptors (Lipinski definition) is 3. The first kappa shape index (κ1) is 22.7. The molecule has 6 heteroatoms. The maximum atomic E-state index is 14.0. The van der Waals surface area contributed by atoms with Crippen LogP contribution in [0.1, 0.15) is 30.4 Å². The molecule has 2 aromatic rings. The summed E-state index contributed by atoms with van der Waals surface area (Å²) >= 11 is 0. The normalized spacial score (nSPS) is 21.0. The number of rotatable bonds is 7. The number of guanidine groups is 1. The Hall–Kier alpha value is -2.44. The molecule has 2 heterocycles. The molecule has 0 aliphatic carbocycles. The van der Waals surface area contributed by atoms with Gasteiger partial charge >= 0.3 is 0 Å². The predicted octanol–water partition coefficient (Wildman–Crippen LogP) is 3.99. The molecule has 32 heavy (non-hydrogen) atoms. The van der Waals surface area contributed by atoms with E-state index in [9.17, 15) is 4.39 Å². The minimum atomic E-state index is -0.185. The van der Waals surface area contributed by atoms with Crippen LogP contribution >= 0.6 is 0 Å². The monoisotopic (exact) mass is 439 g/mol. The van der Waals surface area contributed by atoms with Crippen molar-refractivity contribution in [2.24, 2.45) is 10.9 Å². The lowest BCUT2D eigenvalue weighted by Gasteiger charge is -2.39. The van der Waals surface area contributed by atoms with Crippen LogP contribution in [0.5, 0.6) is 0 Å². The van der Waals surface area contributed by atoms with Gasteiger partial charge in [0.15, 0.2) is 5.96 Å². The van der Waals surface area contributed by atoms with Crippen molar-refractivity contribution in [3.63, 3.8) is 0 Å². The average molecular weight is 440 g/mol. The number of ether oxygens (including phenoxy) is 2. The Balaban J connectivity index is 1.32. The fourth-order valence-corrected chi connectivity index (χ4v) is 4.81. The second kappa shape index (κ2) is 10.9. The van der Waals surface area contributed by atoms with Crippen LogP contribution < -0.4 is 5.32 Å². The zero-order chi connectivity index (χ0) is 22.2. The molecule has 5 nitrogen and oxygen atoms in total. The minimum Gasteiger partial charge on any atom is -0.381 e. The van der Waals surface area contributed by atoms with Crippen LogP contribution in [0.3, 0.4) is 0 Å². The van der Waals surface area contributed by atoms with Gasteiger partial charge in [0, 0.05) is 51.2 Å². The number of nitrogens with one attached hydrogen (secondary N) is 1. The third kappa shape index (κ3) is 5.67. The van der Waals surface area contributed by atoms with Gasteiger partial charge in [-0.05, 0) is 42.5 Å². The maximum Gasteiger partial charge on any atom is 0.193 e. The number of likely N-dealkylation sites (tertiary alicyclic amines) is 1. The average Bonchev–Trinajstić information content (AvgIpc) is 3.29. The Labute approximate surface area is 190 Å². The summed E-state index contributed by atoms with van der Waals surface area (Å²) in [5.74, 6) is 1.23. The van der Waals surface area contributed by atoms with Gasteiger partial charge < -0.3 is 19.7 Å². The Morgan fingerprint density at radius 2 is 2.00 bits per heavy atom. The number of benzene rings is 2. The lowest BCUT2D eigenvalue weighted by atomic mass is 9.74. The Morgan fingerprint density at radius 1 is 1.19 bits per heavy atom. The minimum absolute atomic E-state index is 0.145. The van der Waals surface area contributed by atoms with Crippen LogP contribution in [0.15, 0.2) is 59.6 Å². The van der Waals surface area contributed by atoms with Crippen molar-refractivity contribution in [3.8, 4) is 0 Å². The molecule has 2 saturated heterocycles. The third-order valence-corrected chi connectivity index (χ3v) is 6.73. The zero-order valence-electron chi connectivity index (χ0n) is 18.9. The second-order valence-electron chi connectivity index (χ2n) is 8.91. The van der Waals surface area contributed by atoms with Gasteiger partial charge in [-0.25, -0.2) is 4.39 Å². The van der Waals surface area contributed by atoms with E-state index in [0.717, 1.165) is 57.0 Å². The number of nitrogens with zero attached hydrogens (tertiary/aromatic N) is 2. The largest absolute Gasteiger partial charge is 0.381 e. The first-order chi connectivity index (χ1) is 15.7. The summed E-state index contributed by atoms with van der Waals surface area (Å²) in [5.41, 5.74) is 2.10. The molecule has 1 N–H and O–H groups in total. The quantitative estimate of drug-likeness (QED) is 0.524. The predicted molar refractivity (Wildman–Crippen MR) is 125 cm³/mol. The zero-order valence-corrected chi connectivity index (χ0v) is 18.9. The van der Waals surface area contributed by atoms with Crippen LogP contribution in [0.4, 0.5) is 4.39 Å². The van der Waals surface area contributed by atoms with Crippen molar-refractivity contribution in [1.29, 1.82) is 0 Å². The van der Waals surface area contributed by atoms with Gasteiger partial charge in [-0.15, -0.1) is 0 Å². The van der Waals surface area contributed by atoms with E-state index in [4.69, 9.17) is 9.47 Å². The Bertz CT molecular complexity index is 884. The number of halogens is 1. The van der Waals surface area contributed by atoms with E-state index in [2.05, 4.69) is 27.3 Å². The van der Waals surface area contributed by atoms with Crippen LogP contribution in [-0.4, -0.2) is 57.4 Å². The van der Waals surface area contributed by atoms with Gasteiger partial charge in [0.2, 0.25) is 0 Å². The SMILES string of the molecule is CN=C(NCC1(c2cccc(F)c2)CCOCC1)N1CCC(COCc2ccccc2)C1. The van der Waals surface area contributed by atoms with Gasteiger partial charge in [0.1, 0.15) is 5.82 Å². The third-order valence-electron chi connectivity index (χ3n) is 6.73. The van der Waals surface area contributed by atoms with E-state index in [1.165, 1.54) is 11.6 Å². The first-order valence-electron chi connectivity index (χ1n) is 11.6. The summed E-state index contributed by atoms with van der Waals surface area (Å²) in [4.78, 5) is 6.86. The molecule has 2 aromatic carbocycles. The molecule has 0 bridgehead atoms. The van der Waals surface area contributed by atoms with Crippen LogP contribution in [0.25, 0.3) is 0 Å². The van der Waals surface area contributed by atoms with Gasteiger partial charge in [-0.1, -0.05) is 42.5 Å². The van der Waals surface area contributed by atoms with E-state index in [1.807, 2.05) is 31.3 Å². The van der Waals surface area contributed by atoms with Crippen molar-refractivity contribution in [2.45, 2.75) is 31.3 Å². The molecule has 1 unspecified atom stereocenters. The molecule has 2 aliphatic rings. The molecule has 0 radical (unpaired) electrons. The van der Waals surface area contributed by atoms with Crippen molar-refractivity contribution >= 4 is 5.96 Å². The van der Waals surface area contributed by atoms with Crippen LogP contribution in [0.2, 0.25) is 0 Å². The fourth-order valence-electron chi connectivity index (χ4n) is 4.81. The summed E-state index contributed by atoms with van der Waals surface area (Å²) < 4.78 is 25.5. The molecule has 0 aromatic heterocycles. The summed E-state index contributed by atoms with van der Waals surface area (Å²) in [6.07, 6.45) is 2.84. The highest BCUT2D eigenvalue weighted by atomic mass is 19.1. The maximum absolute atomic E-state index is 14.0. The highest BCUT2D eigenvalue weighted by Gasteiger charge is 2.35. The van der Waals surface area contributed by atoms with E-state index >= 15 is 0 Å². The second-order valence-corrected chi connectivity index (χ2v) is 8.91. The molecule has 172 valence electrons. The summed E-state index contributed by atoms with van der Waals surface area (Å²) in [7, 11) is 1.83. The van der Waals surface area contributed by atoms with Gasteiger partial charge in [0.05, 0.1) is 13.2 Å². The van der Waals surface area contributed by atoms with Gasteiger partial charge in [0.25, 0.3) is 0 Å². The smallest absolute Gasteiger partial charge is 0.193 e. The molecular formula is C26H34FN3O2. The molecule has 0 spiro atoms. The van der Waals surface area contributed by atoms with Crippen LogP contribution in [0, 0.1) is 11.7 Å². The molecule has 1 atom stereocenters. The van der Waals surface area contributed by atoms with Gasteiger partial charge in [-0.2, -0.15) is 0 Å². The molecule has 0 saturated carbocycles. The lowest BCUT2D eigenvalue weighted by Crippen LogP contribution is -2.49. The Kier molecular flexibility index (Phi) is 7.76. The van der Waals surface area contributed by atoms with E-state index < -0.39 is 0 Å².